The summed E-state index contributed by atoms with van der Waals surface area (Å²) in [6, 6.07) is 11.5. The van der Waals surface area contributed by atoms with Gasteiger partial charge in [-0.25, -0.2) is 0 Å². The molecule has 0 spiro atoms. The van der Waals surface area contributed by atoms with Gasteiger partial charge in [0.1, 0.15) is 6.04 Å². The largest absolute Gasteiger partial charge is 0.451 e. The Hall–Kier alpha value is -5.06. The van der Waals surface area contributed by atoms with E-state index in [-0.39, 0.29) is 37.8 Å². The summed E-state index contributed by atoms with van der Waals surface area (Å²) in [6.07, 6.45) is -0.0900. The smallest absolute Gasteiger partial charge is 0.286 e. The van der Waals surface area contributed by atoms with E-state index in [2.05, 4.69) is 29.7 Å². The van der Waals surface area contributed by atoms with Crippen molar-refractivity contribution in [1.82, 2.24) is 15.5 Å². The van der Waals surface area contributed by atoms with Gasteiger partial charge in [-0.1, -0.05) is 75.6 Å². The zero-order valence-electron chi connectivity index (χ0n) is 35.1. The first-order valence-electron chi connectivity index (χ1n) is 20.2. The fourth-order valence-electron chi connectivity index (χ4n) is 6.47. The Morgan fingerprint density at radius 2 is 1.37 bits per heavy atom. The molecule has 0 aliphatic rings. The lowest BCUT2D eigenvalue weighted by molar-refractivity contribution is -0.143. The molecule has 59 heavy (non-hydrogen) atoms. The van der Waals surface area contributed by atoms with E-state index in [9.17, 15) is 53.6 Å². The lowest BCUT2D eigenvalue weighted by Crippen LogP contribution is -2.50. The molecule has 0 saturated heterocycles. The van der Waals surface area contributed by atoms with Gasteiger partial charge in [-0.2, -0.15) is 0 Å². The SMILES string of the molecule is CCCCc1ccc(-c2ccc(C(=O)C[C@H](CO)C(=O)N[C@H](C)C(=O)CCC(=O)N(C)[C@H](C(=O)C[C@@H](C)C(=O)N[C@@H](CC(N)=O)C(=O)CCB(C)O)C(C)O)cc2)cc1. The van der Waals surface area contributed by atoms with Crippen LogP contribution in [0.15, 0.2) is 48.5 Å². The van der Waals surface area contributed by atoms with Crippen LogP contribution in [0.4, 0.5) is 0 Å². The Labute approximate surface area is 347 Å². The molecule has 0 heterocycles. The predicted molar refractivity (Wildman–Crippen MR) is 223 cm³/mol. The molecule has 0 aliphatic heterocycles. The molecule has 7 N–H and O–H groups in total. The van der Waals surface area contributed by atoms with Crippen LogP contribution in [0.1, 0.15) is 95.0 Å². The molecule has 2 aromatic carbocycles. The highest BCUT2D eigenvalue weighted by Gasteiger charge is 2.34. The third-order valence-electron chi connectivity index (χ3n) is 10.2. The van der Waals surface area contributed by atoms with Crippen LogP contribution < -0.4 is 16.4 Å². The highest BCUT2D eigenvalue weighted by molar-refractivity contribution is 6.48. The highest BCUT2D eigenvalue weighted by Crippen LogP contribution is 2.22. The van der Waals surface area contributed by atoms with E-state index in [4.69, 9.17) is 5.73 Å². The second-order valence-electron chi connectivity index (χ2n) is 15.4. The predicted octanol–water partition coefficient (Wildman–Crippen LogP) is 2.47. The summed E-state index contributed by atoms with van der Waals surface area (Å²) in [7, 11) is 1.27. The maximum Gasteiger partial charge on any atom is 0.286 e. The van der Waals surface area contributed by atoms with Crippen molar-refractivity contribution in [3.63, 3.8) is 0 Å². The van der Waals surface area contributed by atoms with E-state index >= 15 is 0 Å². The lowest BCUT2D eigenvalue weighted by Gasteiger charge is -2.30. The van der Waals surface area contributed by atoms with Gasteiger partial charge in [-0.05, 0) is 49.7 Å². The van der Waals surface area contributed by atoms with Crippen molar-refractivity contribution >= 4 is 53.7 Å². The van der Waals surface area contributed by atoms with Gasteiger partial charge in [-0.3, -0.25) is 38.4 Å². The maximum atomic E-state index is 13.3. The molecule has 6 atom stereocenters. The molecule has 0 saturated carbocycles. The van der Waals surface area contributed by atoms with Crippen LogP contribution in [0, 0.1) is 11.8 Å². The normalized spacial score (nSPS) is 14.1. The zero-order valence-corrected chi connectivity index (χ0v) is 35.1. The van der Waals surface area contributed by atoms with Gasteiger partial charge >= 0.3 is 0 Å². The number of ketones is 4. The number of carbonyl (C=O) groups excluding carboxylic acids is 8. The molecular weight excluding hydrogens is 759 g/mol. The molecule has 0 aromatic heterocycles. The number of hydrogen-bond donors (Lipinski definition) is 6. The number of amides is 4. The minimum absolute atomic E-state index is 0.103. The summed E-state index contributed by atoms with van der Waals surface area (Å²) in [5.41, 5.74) is 8.79. The molecular formula is C43H61BN4O11. The molecule has 16 heteroatoms. The van der Waals surface area contributed by atoms with Crippen LogP contribution in [0.3, 0.4) is 0 Å². The van der Waals surface area contributed by atoms with Crippen LogP contribution in [-0.4, -0.2) is 112 Å². The summed E-state index contributed by atoms with van der Waals surface area (Å²) in [5, 5.41) is 34.8. The third-order valence-corrected chi connectivity index (χ3v) is 10.2. The number of nitrogens with zero attached hydrogens (tertiary/aromatic N) is 1. The summed E-state index contributed by atoms with van der Waals surface area (Å²) in [5.74, 6) is -7.23. The van der Waals surface area contributed by atoms with Crippen molar-refractivity contribution in [2.45, 2.75) is 123 Å². The number of rotatable bonds is 27. The second-order valence-corrected chi connectivity index (χ2v) is 15.4. The minimum Gasteiger partial charge on any atom is -0.451 e. The molecule has 2 rings (SSSR count). The van der Waals surface area contributed by atoms with Crippen molar-refractivity contribution in [2.75, 3.05) is 13.7 Å². The van der Waals surface area contributed by atoms with Crippen molar-refractivity contribution in [1.29, 1.82) is 0 Å². The number of carbonyl (C=O) groups is 8. The van der Waals surface area contributed by atoms with Crippen LogP contribution >= 0.6 is 0 Å². The zero-order chi connectivity index (χ0) is 44.4. The van der Waals surface area contributed by atoms with Gasteiger partial charge in [0.2, 0.25) is 23.6 Å². The van der Waals surface area contributed by atoms with Crippen LogP contribution in [0.2, 0.25) is 13.1 Å². The van der Waals surface area contributed by atoms with Gasteiger partial charge in [0.15, 0.2) is 23.1 Å². The lowest BCUT2D eigenvalue weighted by atomic mass is 9.66. The average molecular weight is 821 g/mol. The first-order chi connectivity index (χ1) is 27.8. The summed E-state index contributed by atoms with van der Waals surface area (Å²) >= 11 is 0. The van der Waals surface area contributed by atoms with Gasteiger partial charge < -0.3 is 36.5 Å². The molecule has 0 bridgehead atoms. The topological polar surface area (TPSA) is 251 Å². The number of unbranched alkanes of at least 4 members (excludes halogenated alkanes) is 1. The molecule has 0 aliphatic carbocycles. The molecule has 2 aromatic rings. The van der Waals surface area contributed by atoms with Crippen molar-refractivity contribution in [2.24, 2.45) is 17.6 Å². The highest BCUT2D eigenvalue weighted by atomic mass is 16.3. The van der Waals surface area contributed by atoms with Gasteiger partial charge in [-0.15, -0.1) is 0 Å². The Kier molecular flexibility index (Phi) is 21.0. The number of aliphatic hydroxyl groups is 2. The minimum atomic E-state index is -1.39. The quantitative estimate of drug-likeness (QED) is 0.0564. The fraction of sp³-hybridized carbons (Fsp3) is 0.535. The molecule has 15 nitrogen and oxygen atoms in total. The first kappa shape index (κ1) is 50.1. The number of nitrogens with one attached hydrogen (secondary N) is 2. The Morgan fingerprint density at radius 3 is 1.90 bits per heavy atom. The van der Waals surface area contributed by atoms with E-state index in [1.54, 1.807) is 12.1 Å². The first-order valence-corrected chi connectivity index (χ1v) is 20.2. The second kappa shape index (κ2) is 24.8. The average Bonchev–Trinajstić information content (AvgIpc) is 3.19. The van der Waals surface area contributed by atoms with E-state index in [0.717, 1.165) is 35.3 Å². The Morgan fingerprint density at radius 1 is 0.780 bits per heavy atom. The van der Waals surface area contributed by atoms with Crippen molar-refractivity contribution in [3.8, 4) is 11.1 Å². The van der Waals surface area contributed by atoms with Crippen molar-refractivity contribution in [3.05, 3.63) is 59.7 Å². The van der Waals surface area contributed by atoms with Gasteiger partial charge in [0.05, 0.1) is 37.1 Å². The Balaban J connectivity index is 1.94. The van der Waals surface area contributed by atoms with Gasteiger partial charge in [0.25, 0.3) is 6.92 Å². The number of Topliss-reactive ketones (excluding diaryl/α,β-unsaturated/α-hetero) is 4. The number of aliphatic hydroxyl groups excluding tert-OH is 2. The third kappa shape index (κ3) is 16.6. The molecule has 322 valence electrons. The number of nitrogens with two attached hydrogens (primary N) is 1. The number of primary amides is 1. The summed E-state index contributed by atoms with van der Waals surface area (Å²) in [4.78, 5) is 103. The number of hydrogen-bond acceptors (Lipinski definition) is 11. The molecule has 0 radical (unpaired) electrons. The van der Waals surface area contributed by atoms with E-state index in [1.165, 1.54) is 40.2 Å². The van der Waals surface area contributed by atoms with E-state index < -0.39 is 103 Å². The van der Waals surface area contributed by atoms with Crippen molar-refractivity contribution < 1.29 is 53.6 Å². The summed E-state index contributed by atoms with van der Waals surface area (Å²) in [6.45, 7) is 6.29. The number of aryl methyl sites for hydroxylation is 1. The van der Waals surface area contributed by atoms with Crippen LogP contribution in [-0.2, 0) is 40.0 Å². The molecule has 1 unspecified atom stereocenters. The van der Waals surface area contributed by atoms with E-state index in [0.29, 0.717) is 5.56 Å². The van der Waals surface area contributed by atoms with Crippen LogP contribution in [0.25, 0.3) is 11.1 Å². The molecule has 0 fully saturated rings. The summed E-state index contributed by atoms with van der Waals surface area (Å²) < 4.78 is 0. The fourth-order valence-corrected chi connectivity index (χ4v) is 6.47. The number of benzene rings is 2. The maximum absolute atomic E-state index is 13.3. The standard InChI is InChI=1S/C43H61BN4O11/c1-7-8-9-29-10-12-30(13-11-29)31-14-16-32(17-15-31)37(53)23-33(25-49)43(58)46-27(3)35(51)18-19-40(56)48(6)41(28(4)50)38(54)22-26(2)42(57)47-34(24-39(45)55)36(52)20-21-44(5)59/h10-17,26-28,33-34,41,49-50,59H,7-9,18-25H2,1-6H3,(H2,45,55)(H,46,58)(H,47,57)/t26-,27-,28?,33-,34+,41+/m1/s1. The van der Waals surface area contributed by atoms with Gasteiger partial charge in [0, 0.05) is 50.6 Å². The molecule has 4 amide bonds. The monoisotopic (exact) mass is 820 g/mol. The van der Waals surface area contributed by atoms with E-state index in [1.807, 2.05) is 24.3 Å². The van der Waals surface area contributed by atoms with Crippen LogP contribution in [0.5, 0.6) is 0 Å². The number of likely N-dealkylation sites (N-methyl/N-ethyl adjacent to an activating group) is 1. The Bertz CT molecular complexity index is 1770.